The second kappa shape index (κ2) is 4.93. The Morgan fingerprint density at radius 2 is 2.29 bits per heavy atom. The van der Waals surface area contributed by atoms with Crippen molar-refractivity contribution in [2.24, 2.45) is 5.92 Å². The fraction of sp³-hybridized carbons (Fsp3) is 0.455. The zero-order valence-electron chi connectivity index (χ0n) is 9.30. The van der Waals surface area contributed by atoms with E-state index in [2.05, 4.69) is 9.71 Å². The van der Waals surface area contributed by atoms with Gasteiger partial charge in [0.25, 0.3) is 0 Å². The van der Waals surface area contributed by atoms with Crippen molar-refractivity contribution < 1.29 is 13.2 Å². The van der Waals surface area contributed by atoms with E-state index in [1.165, 1.54) is 18.5 Å². The van der Waals surface area contributed by atoms with Crippen LogP contribution >= 0.6 is 0 Å². The summed E-state index contributed by atoms with van der Waals surface area (Å²) in [5.74, 6) is -0.0136. The van der Waals surface area contributed by atoms with Crippen molar-refractivity contribution in [1.29, 1.82) is 0 Å². The number of sulfonamides is 1. The molecule has 0 amide bonds. The smallest absolute Gasteiger partial charge is 0.242 e. The highest BCUT2D eigenvalue weighted by Crippen LogP contribution is 2.20. The fourth-order valence-electron chi connectivity index (χ4n) is 1.90. The van der Waals surface area contributed by atoms with Crippen LogP contribution in [0.25, 0.3) is 0 Å². The molecule has 1 unspecified atom stereocenters. The van der Waals surface area contributed by atoms with E-state index >= 15 is 0 Å². The van der Waals surface area contributed by atoms with E-state index in [9.17, 15) is 13.2 Å². The van der Waals surface area contributed by atoms with Crippen LogP contribution in [0, 0.1) is 5.92 Å². The molecule has 1 heterocycles. The number of pyridine rings is 1. The van der Waals surface area contributed by atoms with Gasteiger partial charge in [-0.1, -0.05) is 0 Å². The first-order valence-corrected chi connectivity index (χ1v) is 7.00. The maximum atomic E-state index is 11.8. The number of nitrogens with zero attached hydrogens (tertiary/aromatic N) is 1. The van der Waals surface area contributed by atoms with Crippen LogP contribution < -0.4 is 4.72 Å². The number of nitrogens with one attached hydrogen (secondary N) is 1. The van der Waals surface area contributed by atoms with Crippen molar-refractivity contribution in [2.75, 3.05) is 6.54 Å². The van der Waals surface area contributed by atoms with Gasteiger partial charge in [0.05, 0.1) is 0 Å². The Hall–Kier alpha value is -1.27. The third-order valence-electron chi connectivity index (χ3n) is 2.90. The number of hydrogen-bond donors (Lipinski definition) is 1. The first-order valence-electron chi connectivity index (χ1n) is 5.52. The summed E-state index contributed by atoms with van der Waals surface area (Å²) in [6, 6.07) is 3.04. The van der Waals surface area contributed by atoms with Gasteiger partial charge in [-0.05, 0) is 25.0 Å². The molecular weight excluding hydrogens is 240 g/mol. The number of carbonyl (C=O) groups is 1. The van der Waals surface area contributed by atoms with Crippen LogP contribution in [0.15, 0.2) is 29.4 Å². The number of rotatable bonds is 4. The lowest BCUT2D eigenvalue weighted by Gasteiger charge is -2.10. The summed E-state index contributed by atoms with van der Waals surface area (Å²) in [5, 5.41) is 0. The topological polar surface area (TPSA) is 76.1 Å². The maximum Gasteiger partial charge on any atom is 0.242 e. The minimum absolute atomic E-state index is 0.130. The van der Waals surface area contributed by atoms with Gasteiger partial charge in [-0.15, -0.1) is 0 Å². The average Bonchev–Trinajstić information content (AvgIpc) is 2.74. The normalized spacial score (nSPS) is 20.7. The first-order chi connectivity index (χ1) is 8.09. The van der Waals surface area contributed by atoms with Gasteiger partial charge >= 0.3 is 0 Å². The molecule has 1 saturated carbocycles. The lowest BCUT2D eigenvalue weighted by atomic mass is 10.1. The molecule has 1 N–H and O–H groups in total. The Kier molecular flexibility index (Phi) is 3.54. The third kappa shape index (κ3) is 2.89. The highest BCUT2D eigenvalue weighted by Gasteiger charge is 2.26. The number of Topliss-reactive ketones (excluding diaryl/α,β-unsaturated/α-hetero) is 1. The average molecular weight is 254 g/mol. The van der Waals surface area contributed by atoms with E-state index in [4.69, 9.17) is 0 Å². The molecule has 1 aromatic heterocycles. The molecule has 17 heavy (non-hydrogen) atoms. The molecule has 2 rings (SSSR count). The van der Waals surface area contributed by atoms with Crippen LogP contribution in [0.2, 0.25) is 0 Å². The quantitative estimate of drug-likeness (QED) is 0.859. The molecule has 6 heteroatoms. The van der Waals surface area contributed by atoms with Gasteiger partial charge in [0.2, 0.25) is 10.0 Å². The van der Waals surface area contributed by atoms with E-state index in [1.807, 2.05) is 0 Å². The second-order valence-electron chi connectivity index (χ2n) is 4.10. The number of hydrogen-bond acceptors (Lipinski definition) is 4. The SMILES string of the molecule is O=C1CCCC1CNS(=O)(=O)c1cccnc1. The summed E-state index contributed by atoms with van der Waals surface area (Å²) in [6.07, 6.45) is 5.00. The minimum Gasteiger partial charge on any atom is -0.299 e. The number of aromatic nitrogens is 1. The summed E-state index contributed by atoms with van der Waals surface area (Å²) in [6.45, 7) is 0.191. The molecule has 0 bridgehead atoms. The summed E-state index contributed by atoms with van der Waals surface area (Å²) >= 11 is 0. The van der Waals surface area contributed by atoms with E-state index < -0.39 is 10.0 Å². The van der Waals surface area contributed by atoms with Crippen LogP contribution in [-0.4, -0.2) is 25.7 Å². The highest BCUT2D eigenvalue weighted by molar-refractivity contribution is 7.89. The second-order valence-corrected chi connectivity index (χ2v) is 5.86. The Morgan fingerprint density at radius 1 is 1.47 bits per heavy atom. The molecule has 1 atom stereocenters. The fourth-order valence-corrected chi connectivity index (χ4v) is 2.95. The highest BCUT2D eigenvalue weighted by atomic mass is 32.2. The zero-order chi connectivity index (χ0) is 12.3. The minimum atomic E-state index is -3.54. The van der Waals surface area contributed by atoms with Gasteiger partial charge in [-0.3, -0.25) is 9.78 Å². The van der Waals surface area contributed by atoms with E-state index in [0.29, 0.717) is 6.42 Å². The van der Waals surface area contributed by atoms with Crippen molar-refractivity contribution in [1.82, 2.24) is 9.71 Å². The molecule has 1 aliphatic rings. The molecule has 1 aliphatic carbocycles. The van der Waals surface area contributed by atoms with E-state index in [-0.39, 0.29) is 23.1 Å². The summed E-state index contributed by atoms with van der Waals surface area (Å²) in [7, 11) is -3.54. The van der Waals surface area contributed by atoms with Gasteiger partial charge in [-0.2, -0.15) is 0 Å². The van der Waals surface area contributed by atoms with Crippen molar-refractivity contribution in [3.8, 4) is 0 Å². The van der Waals surface area contributed by atoms with Gasteiger partial charge in [0.15, 0.2) is 0 Å². The molecule has 0 spiro atoms. The van der Waals surface area contributed by atoms with Crippen molar-refractivity contribution in [2.45, 2.75) is 24.2 Å². The molecule has 0 aromatic carbocycles. The molecule has 0 saturated heterocycles. The first kappa shape index (κ1) is 12.2. The summed E-state index contributed by atoms with van der Waals surface area (Å²) < 4.78 is 26.1. The molecular formula is C11H14N2O3S. The monoisotopic (exact) mass is 254 g/mol. The predicted molar refractivity (Wildman–Crippen MR) is 61.8 cm³/mol. The molecule has 1 aromatic rings. The molecule has 5 nitrogen and oxygen atoms in total. The predicted octanol–water partition coefficient (Wildman–Crippen LogP) is 0.729. The van der Waals surface area contributed by atoms with Crippen molar-refractivity contribution in [3.05, 3.63) is 24.5 Å². The van der Waals surface area contributed by atoms with E-state index in [0.717, 1.165) is 12.8 Å². The largest absolute Gasteiger partial charge is 0.299 e. The van der Waals surface area contributed by atoms with Gasteiger partial charge in [0.1, 0.15) is 10.7 Å². The number of carbonyl (C=O) groups excluding carboxylic acids is 1. The van der Waals surface area contributed by atoms with Crippen LogP contribution in [-0.2, 0) is 14.8 Å². The van der Waals surface area contributed by atoms with Crippen molar-refractivity contribution >= 4 is 15.8 Å². The molecule has 1 fully saturated rings. The Bertz CT molecular complexity index is 499. The van der Waals surface area contributed by atoms with Crippen molar-refractivity contribution in [3.63, 3.8) is 0 Å². The Labute approximate surface area is 100 Å². The molecule has 0 radical (unpaired) electrons. The Balaban J connectivity index is 2.01. The van der Waals surface area contributed by atoms with Crippen LogP contribution in [0.1, 0.15) is 19.3 Å². The third-order valence-corrected chi connectivity index (χ3v) is 4.30. The van der Waals surface area contributed by atoms with E-state index in [1.54, 1.807) is 6.07 Å². The van der Waals surface area contributed by atoms with Gasteiger partial charge in [0, 0.05) is 31.3 Å². The lowest BCUT2D eigenvalue weighted by molar-refractivity contribution is -0.120. The maximum absolute atomic E-state index is 11.8. The van der Waals surface area contributed by atoms with Crippen LogP contribution in [0.3, 0.4) is 0 Å². The van der Waals surface area contributed by atoms with Crippen LogP contribution in [0.4, 0.5) is 0 Å². The van der Waals surface area contributed by atoms with Gasteiger partial charge in [-0.25, -0.2) is 13.1 Å². The summed E-state index contributed by atoms with van der Waals surface area (Å²) in [5.41, 5.74) is 0. The van der Waals surface area contributed by atoms with Gasteiger partial charge < -0.3 is 0 Å². The lowest BCUT2D eigenvalue weighted by Crippen LogP contribution is -2.31. The van der Waals surface area contributed by atoms with Crippen LogP contribution in [0.5, 0.6) is 0 Å². The number of ketones is 1. The standard InChI is InChI=1S/C11H14N2O3S/c14-11-5-1-3-9(11)7-13-17(15,16)10-4-2-6-12-8-10/h2,4,6,8-9,13H,1,3,5,7H2. The molecule has 92 valence electrons. The molecule has 0 aliphatic heterocycles. The summed E-state index contributed by atoms with van der Waals surface area (Å²) in [4.78, 5) is 15.3. The Morgan fingerprint density at radius 3 is 2.88 bits per heavy atom. The zero-order valence-corrected chi connectivity index (χ0v) is 10.1.